The molecule has 192 valence electrons. The smallest absolute Gasteiger partial charge is 0.345 e. The van der Waals surface area contributed by atoms with Crippen LogP contribution in [-0.4, -0.2) is 12.6 Å². The molecule has 0 unspecified atom stereocenters. The molecule has 38 heavy (non-hydrogen) atoms. The monoisotopic (exact) mass is 539 g/mol. The quantitative estimate of drug-likeness (QED) is 0.147. The summed E-state index contributed by atoms with van der Waals surface area (Å²) in [6, 6.07) is 33.7. The van der Waals surface area contributed by atoms with E-state index in [4.69, 9.17) is 9.47 Å². The van der Waals surface area contributed by atoms with Gasteiger partial charge in [-0.3, -0.25) is 0 Å². The predicted molar refractivity (Wildman–Crippen MR) is 157 cm³/mol. The van der Waals surface area contributed by atoms with Crippen LogP contribution in [0.25, 0.3) is 10.1 Å². The van der Waals surface area contributed by atoms with Gasteiger partial charge < -0.3 is 9.47 Å². The Balaban J connectivity index is 1.34. The maximum absolute atomic E-state index is 12.9. The van der Waals surface area contributed by atoms with Crippen molar-refractivity contribution in [3.05, 3.63) is 119 Å². The number of rotatable bonds is 8. The molecule has 0 fully saturated rings. The second-order valence-electron chi connectivity index (χ2n) is 9.74. The molecule has 0 N–H and O–H groups in total. The van der Waals surface area contributed by atoms with E-state index in [0.29, 0.717) is 0 Å². The lowest BCUT2D eigenvalue weighted by atomic mass is 9.97. The molecule has 0 spiro atoms. The highest BCUT2D eigenvalue weighted by Gasteiger charge is 2.31. The van der Waals surface area contributed by atoms with E-state index in [1.165, 1.54) is 19.4 Å². The summed E-state index contributed by atoms with van der Waals surface area (Å²) in [7, 11) is -0.245. The van der Waals surface area contributed by atoms with Gasteiger partial charge in [0, 0.05) is 22.4 Å². The molecule has 0 saturated heterocycles. The van der Waals surface area contributed by atoms with E-state index >= 15 is 0 Å². The number of thiophene rings is 1. The number of fused-ring (bicyclic) bond motifs is 1. The average molecular weight is 540 g/mol. The first-order valence-corrected chi connectivity index (χ1v) is 14.7. The highest BCUT2D eigenvalue weighted by atomic mass is 32.2. The number of esters is 1. The third kappa shape index (κ3) is 5.50. The summed E-state index contributed by atoms with van der Waals surface area (Å²) in [6.45, 7) is 7.79. The molecule has 0 amide bonds. The zero-order chi connectivity index (χ0) is 26.7. The molecular weight excluding hydrogens is 508 g/mol. The fourth-order valence-electron chi connectivity index (χ4n) is 4.72. The van der Waals surface area contributed by atoms with E-state index in [1.807, 2.05) is 52.0 Å². The first-order valence-electron chi connectivity index (χ1n) is 12.6. The normalized spacial score (nSPS) is 11.6. The van der Waals surface area contributed by atoms with Gasteiger partial charge in [0.05, 0.1) is 10.9 Å². The Morgan fingerprint density at radius 3 is 1.95 bits per heavy atom. The van der Waals surface area contributed by atoms with Gasteiger partial charge in [-0.1, -0.05) is 54.6 Å². The van der Waals surface area contributed by atoms with Crippen LogP contribution in [-0.2, 0) is 26.0 Å². The van der Waals surface area contributed by atoms with Gasteiger partial charge in [0.1, 0.15) is 11.4 Å². The van der Waals surface area contributed by atoms with Gasteiger partial charge in [0.25, 0.3) is 0 Å². The molecule has 5 rings (SSSR count). The summed E-state index contributed by atoms with van der Waals surface area (Å²) < 4.78 is 13.2. The summed E-state index contributed by atoms with van der Waals surface area (Å²) in [5.74, 6) is 0.343. The lowest BCUT2D eigenvalue weighted by Crippen LogP contribution is -2.28. The summed E-state index contributed by atoms with van der Waals surface area (Å²) in [6.07, 6.45) is 0. The van der Waals surface area contributed by atoms with E-state index < -0.39 is 5.60 Å². The third-order valence-electron chi connectivity index (χ3n) is 6.46. The lowest BCUT2D eigenvalue weighted by molar-refractivity contribution is -0.159. The van der Waals surface area contributed by atoms with Crippen molar-refractivity contribution < 1.29 is 14.3 Å². The Bertz CT molecular complexity index is 1490. The van der Waals surface area contributed by atoms with Crippen LogP contribution in [0.3, 0.4) is 0 Å². The van der Waals surface area contributed by atoms with Crippen molar-refractivity contribution in [1.29, 1.82) is 0 Å². The number of carbonyl (C=O) groups is 1. The number of carbonyl (C=O) groups excluding carboxylic acids is 1. The zero-order valence-electron chi connectivity index (χ0n) is 22.1. The Kier molecular flexibility index (Phi) is 7.59. The number of hydrogen-bond acceptors (Lipinski definition) is 4. The molecule has 3 nitrogen and oxygen atoms in total. The SMILES string of the molecule is Cc1cc([S+](c2ccccc2)c2ccccc2)cc(C)c1OCC(=O)OC(C)(C)c1csc2ccccc12. The minimum atomic E-state index is -0.756. The van der Waals surface area contributed by atoms with Gasteiger partial charge in [-0.15, -0.1) is 11.3 Å². The van der Waals surface area contributed by atoms with Crippen LogP contribution in [0.1, 0.15) is 30.5 Å². The van der Waals surface area contributed by atoms with Crippen molar-refractivity contribution >= 4 is 38.3 Å². The van der Waals surface area contributed by atoms with Crippen molar-refractivity contribution in [1.82, 2.24) is 0 Å². The van der Waals surface area contributed by atoms with Gasteiger partial charge in [-0.2, -0.15) is 0 Å². The maximum atomic E-state index is 12.9. The average Bonchev–Trinajstić information content (AvgIpc) is 3.35. The standard InChI is InChI=1S/C33H31O3S2/c1-23-19-27(38(25-13-7-5-8-14-25)26-15-9-6-10-16-26)20-24(2)32(23)35-21-31(34)36-33(3,4)29-22-37-30-18-12-11-17-28(29)30/h5-20,22H,21H2,1-4H3/q+1. The van der Waals surface area contributed by atoms with Gasteiger partial charge >= 0.3 is 5.97 Å². The van der Waals surface area contributed by atoms with E-state index in [2.05, 4.69) is 78.2 Å². The van der Waals surface area contributed by atoms with Crippen molar-refractivity contribution in [2.45, 2.75) is 48.0 Å². The third-order valence-corrected chi connectivity index (χ3v) is 9.62. The Labute approximate surface area is 231 Å². The van der Waals surface area contributed by atoms with Gasteiger partial charge in [-0.25, -0.2) is 4.79 Å². The molecule has 0 aliphatic rings. The van der Waals surface area contributed by atoms with Gasteiger partial charge in [-0.05, 0) is 79.9 Å². The summed E-state index contributed by atoms with van der Waals surface area (Å²) in [5, 5.41) is 3.19. The predicted octanol–water partition coefficient (Wildman–Crippen LogP) is 8.47. The summed E-state index contributed by atoms with van der Waals surface area (Å²) in [5.41, 5.74) is 2.26. The molecule has 1 heterocycles. The van der Waals surface area contributed by atoms with E-state index in [9.17, 15) is 4.79 Å². The van der Waals surface area contributed by atoms with Crippen LogP contribution < -0.4 is 4.74 Å². The molecule has 1 aromatic heterocycles. The number of benzene rings is 4. The molecule has 4 aromatic carbocycles. The minimum absolute atomic E-state index is 0.143. The van der Waals surface area contributed by atoms with Crippen LogP contribution in [0, 0.1) is 13.8 Å². The first-order chi connectivity index (χ1) is 18.3. The Morgan fingerprint density at radius 2 is 1.34 bits per heavy atom. The molecule has 0 aliphatic carbocycles. The van der Waals surface area contributed by atoms with Crippen LogP contribution in [0.15, 0.2) is 117 Å². The number of ether oxygens (including phenoxy) is 2. The fraction of sp³-hybridized carbons (Fsp3) is 0.182. The van der Waals surface area contributed by atoms with Crippen molar-refractivity contribution in [3.63, 3.8) is 0 Å². The van der Waals surface area contributed by atoms with Crippen molar-refractivity contribution in [2.75, 3.05) is 6.61 Å². The topological polar surface area (TPSA) is 35.5 Å². The second-order valence-corrected chi connectivity index (χ2v) is 12.7. The molecule has 5 heteroatoms. The molecule has 0 bridgehead atoms. The molecule has 0 saturated carbocycles. The zero-order valence-corrected chi connectivity index (χ0v) is 23.7. The van der Waals surface area contributed by atoms with Crippen molar-refractivity contribution in [2.24, 2.45) is 0 Å². The molecule has 5 aromatic rings. The fourth-order valence-corrected chi connectivity index (χ4v) is 8.10. The summed E-state index contributed by atoms with van der Waals surface area (Å²) >= 11 is 1.66. The molecule has 0 aliphatic heterocycles. The summed E-state index contributed by atoms with van der Waals surface area (Å²) in [4.78, 5) is 16.6. The minimum Gasteiger partial charge on any atom is -0.481 e. The van der Waals surface area contributed by atoms with E-state index in [-0.39, 0.29) is 23.5 Å². The Morgan fingerprint density at radius 1 is 0.789 bits per heavy atom. The van der Waals surface area contributed by atoms with Crippen LogP contribution in [0.2, 0.25) is 0 Å². The number of aryl methyl sites for hydroxylation is 2. The molecule has 0 radical (unpaired) electrons. The van der Waals surface area contributed by atoms with Gasteiger partial charge in [0.15, 0.2) is 21.3 Å². The van der Waals surface area contributed by atoms with E-state index in [0.717, 1.165) is 27.8 Å². The maximum Gasteiger partial charge on any atom is 0.345 e. The highest BCUT2D eigenvalue weighted by molar-refractivity contribution is 7.97. The molecule has 0 atom stereocenters. The van der Waals surface area contributed by atoms with Crippen LogP contribution in [0.5, 0.6) is 5.75 Å². The van der Waals surface area contributed by atoms with Gasteiger partial charge in [0.2, 0.25) is 0 Å². The second kappa shape index (κ2) is 11.1. The largest absolute Gasteiger partial charge is 0.481 e. The van der Waals surface area contributed by atoms with Crippen molar-refractivity contribution in [3.8, 4) is 5.75 Å². The number of hydrogen-bond donors (Lipinski definition) is 0. The van der Waals surface area contributed by atoms with Crippen LogP contribution >= 0.6 is 11.3 Å². The Hall–Kier alpha value is -3.54. The highest BCUT2D eigenvalue weighted by Crippen LogP contribution is 2.37. The van der Waals surface area contributed by atoms with Crippen LogP contribution in [0.4, 0.5) is 0 Å². The lowest BCUT2D eigenvalue weighted by Gasteiger charge is -2.25. The first kappa shape index (κ1) is 26.1. The van der Waals surface area contributed by atoms with E-state index in [1.54, 1.807) is 11.3 Å². The molecular formula is C33H31O3S2+.